The Morgan fingerprint density at radius 1 is 1.17 bits per heavy atom. The first-order valence-corrected chi connectivity index (χ1v) is 9.11. The maximum atomic E-state index is 13.6. The van der Waals surface area contributed by atoms with Crippen LogP contribution in [-0.2, 0) is 10.0 Å². The first kappa shape index (κ1) is 16.9. The van der Waals surface area contributed by atoms with E-state index in [0.717, 1.165) is 12.8 Å². The molecule has 0 bridgehead atoms. The largest absolute Gasteiger partial charge is 0.319 e. The number of sulfonamides is 1. The molecule has 2 aromatic rings. The van der Waals surface area contributed by atoms with Gasteiger partial charge in [-0.05, 0) is 43.2 Å². The van der Waals surface area contributed by atoms with Gasteiger partial charge in [-0.15, -0.1) is 0 Å². The molecule has 126 valence electrons. The molecule has 5 nitrogen and oxygen atoms in total. The van der Waals surface area contributed by atoms with Gasteiger partial charge in [0.25, 0.3) is 5.91 Å². The van der Waals surface area contributed by atoms with Crippen LogP contribution in [0.25, 0.3) is 0 Å². The standard InChI is InChI=1S/C16H14ClFN2O3S/c17-12-8-5-10(9-15(12)24(22,23)20-11-6-7-11)16(21)19-14-4-2-1-3-13(14)18/h1-5,8-9,11,20H,6-7H2,(H,19,21). The van der Waals surface area contributed by atoms with Gasteiger partial charge in [0.2, 0.25) is 10.0 Å². The quantitative estimate of drug-likeness (QED) is 0.851. The Bertz CT molecular complexity index is 898. The molecule has 0 heterocycles. The minimum atomic E-state index is -3.80. The van der Waals surface area contributed by atoms with E-state index in [2.05, 4.69) is 10.0 Å². The molecular weight excluding hydrogens is 355 g/mol. The highest BCUT2D eigenvalue weighted by Gasteiger charge is 2.29. The molecule has 2 N–H and O–H groups in total. The highest BCUT2D eigenvalue weighted by Crippen LogP contribution is 2.27. The third kappa shape index (κ3) is 3.75. The van der Waals surface area contributed by atoms with Gasteiger partial charge in [0.05, 0.1) is 10.7 Å². The minimum Gasteiger partial charge on any atom is -0.319 e. The molecule has 0 radical (unpaired) electrons. The Morgan fingerprint density at radius 2 is 1.88 bits per heavy atom. The number of para-hydroxylation sites is 1. The Kier molecular flexibility index (Phi) is 4.58. The lowest BCUT2D eigenvalue weighted by molar-refractivity contribution is 0.102. The van der Waals surface area contributed by atoms with Gasteiger partial charge in [0.1, 0.15) is 10.7 Å². The zero-order valence-electron chi connectivity index (χ0n) is 12.4. The minimum absolute atomic E-state index is 0.0120. The molecule has 1 amide bonds. The molecule has 1 aliphatic carbocycles. The molecule has 0 spiro atoms. The van der Waals surface area contributed by atoms with Crippen molar-refractivity contribution in [1.29, 1.82) is 0 Å². The number of amides is 1. The summed E-state index contributed by atoms with van der Waals surface area (Å²) in [6.07, 6.45) is 1.56. The van der Waals surface area contributed by atoms with Gasteiger partial charge in [-0.3, -0.25) is 4.79 Å². The SMILES string of the molecule is O=C(Nc1ccccc1F)c1ccc(Cl)c(S(=O)(=O)NC2CC2)c1. The number of carbonyl (C=O) groups is 1. The van der Waals surface area contributed by atoms with Gasteiger partial charge in [-0.25, -0.2) is 17.5 Å². The molecule has 1 fully saturated rings. The normalized spacial score (nSPS) is 14.4. The lowest BCUT2D eigenvalue weighted by Crippen LogP contribution is -2.26. The van der Waals surface area contributed by atoms with Gasteiger partial charge in [0, 0.05) is 11.6 Å². The summed E-state index contributed by atoms with van der Waals surface area (Å²) in [5.41, 5.74) is 0.0804. The zero-order valence-corrected chi connectivity index (χ0v) is 14.0. The van der Waals surface area contributed by atoms with Crippen LogP contribution in [0.1, 0.15) is 23.2 Å². The maximum absolute atomic E-state index is 13.6. The lowest BCUT2D eigenvalue weighted by atomic mass is 10.2. The highest BCUT2D eigenvalue weighted by molar-refractivity contribution is 7.89. The first-order valence-electron chi connectivity index (χ1n) is 7.24. The van der Waals surface area contributed by atoms with E-state index in [-0.39, 0.29) is 27.2 Å². The van der Waals surface area contributed by atoms with E-state index in [0.29, 0.717) is 0 Å². The number of hydrogen-bond acceptors (Lipinski definition) is 3. The van der Waals surface area contributed by atoms with Crippen LogP contribution in [0.4, 0.5) is 10.1 Å². The summed E-state index contributed by atoms with van der Waals surface area (Å²) < 4.78 is 40.7. The van der Waals surface area contributed by atoms with Crippen molar-refractivity contribution in [1.82, 2.24) is 4.72 Å². The summed E-state index contributed by atoms with van der Waals surface area (Å²) in [5.74, 6) is -1.21. The summed E-state index contributed by atoms with van der Waals surface area (Å²) in [5, 5.41) is 2.42. The van der Waals surface area contributed by atoms with Crippen molar-refractivity contribution >= 4 is 33.2 Å². The van der Waals surface area contributed by atoms with Crippen LogP contribution in [-0.4, -0.2) is 20.4 Å². The van der Waals surface area contributed by atoms with Crippen molar-refractivity contribution in [3.8, 4) is 0 Å². The van der Waals surface area contributed by atoms with Crippen molar-refractivity contribution in [2.75, 3.05) is 5.32 Å². The Morgan fingerprint density at radius 3 is 2.54 bits per heavy atom. The van der Waals surface area contributed by atoms with E-state index in [4.69, 9.17) is 11.6 Å². The van der Waals surface area contributed by atoms with Crippen LogP contribution in [0.2, 0.25) is 5.02 Å². The topological polar surface area (TPSA) is 75.3 Å². The molecule has 8 heteroatoms. The second-order valence-electron chi connectivity index (χ2n) is 5.47. The van der Waals surface area contributed by atoms with Gasteiger partial charge in [-0.2, -0.15) is 0 Å². The third-order valence-electron chi connectivity index (χ3n) is 3.50. The fourth-order valence-electron chi connectivity index (χ4n) is 2.09. The molecule has 0 saturated heterocycles. The summed E-state index contributed by atoms with van der Waals surface area (Å²) in [6.45, 7) is 0. The average molecular weight is 369 g/mol. The monoisotopic (exact) mass is 368 g/mol. The smallest absolute Gasteiger partial charge is 0.255 e. The van der Waals surface area contributed by atoms with Crippen LogP contribution < -0.4 is 10.0 Å². The van der Waals surface area contributed by atoms with E-state index in [9.17, 15) is 17.6 Å². The van der Waals surface area contributed by atoms with Crippen molar-refractivity contribution in [2.45, 2.75) is 23.8 Å². The Labute approximate surface area is 143 Å². The summed E-state index contributed by atoms with van der Waals surface area (Å²) >= 11 is 5.96. The van der Waals surface area contributed by atoms with Crippen molar-refractivity contribution in [2.24, 2.45) is 0 Å². The second-order valence-corrected chi connectivity index (χ2v) is 7.56. The molecule has 1 aliphatic rings. The predicted octanol–water partition coefficient (Wildman–Crippen LogP) is 3.17. The van der Waals surface area contributed by atoms with E-state index in [1.165, 1.54) is 36.4 Å². The van der Waals surface area contributed by atoms with Crippen LogP contribution in [0, 0.1) is 5.82 Å². The van der Waals surface area contributed by atoms with Crippen molar-refractivity contribution in [3.05, 3.63) is 58.9 Å². The molecular formula is C16H14ClFN2O3S. The summed E-state index contributed by atoms with van der Waals surface area (Å²) in [4.78, 5) is 12.1. The highest BCUT2D eigenvalue weighted by atomic mass is 35.5. The number of halogens is 2. The van der Waals surface area contributed by atoms with Crippen LogP contribution >= 0.6 is 11.6 Å². The average Bonchev–Trinajstić information content (AvgIpc) is 3.33. The van der Waals surface area contributed by atoms with Gasteiger partial charge in [-0.1, -0.05) is 23.7 Å². The van der Waals surface area contributed by atoms with Gasteiger partial charge < -0.3 is 5.32 Å². The van der Waals surface area contributed by atoms with Crippen LogP contribution in [0.3, 0.4) is 0 Å². The molecule has 0 aliphatic heterocycles. The zero-order chi connectivity index (χ0) is 17.3. The maximum Gasteiger partial charge on any atom is 0.255 e. The summed E-state index contributed by atoms with van der Waals surface area (Å²) in [6, 6.07) is 9.53. The predicted molar refractivity (Wildman–Crippen MR) is 89.1 cm³/mol. The molecule has 2 aromatic carbocycles. The number of hydrogen-bond donors (Lipinski definition) is 2. The second kappa shape index (κ2) is 6.51. The summed E-state index contributed by atoms with van der Waals surface area (Å²) in [7, 11) is -3.80. The van der Waals surface area contributed by atoms with Gasteiger partial charge in [0.15, 0.2) is 0 Å². The lowest BCUT2D eigenvalue weighted by Gasteiger charge is -2.10. The molecule has 0 atom stereocenters. The molecule has 0 aromatic heterocycles. The van der Waals surface area contributed by atoms with Crippen LogP contribution in [0.15, 0.2) is 47.4 Å². The van der Waals surface area contributed by atoms with E-state index < -0.39 is 21.7 Å². The Balaban J connectivity index is 1.87. The molecule has 3 rings (SSSR count). The van der Waals surface area contributed by atoms with Crippen LogP contribution in [0.5, 0.6) is 0 Å². The number of anilines is 1. The molecule has 24 heavy (non-hydrogen) atoms. The van der Waals surface area contributed by atoms with Gasteiger partial charge >= 0.3 is 0 Å². The van der Waals surface area contributed by atoms with E-state index in [1.807, 2.05) is 0 Å². The fourth-order valence-corrected chi connectivity index (χ4v) is 3.92. The number of rotatable bonds is 5. The van der Waals surface area contributed by atoms with E-state index in [1.54, 1.807) is 6.07 Å². The molecule has 1 saturated carbocycles. The fraction of sp³-hybridized carbons (Fsp3) is 0.188. The third-order valence-corrected chi connectivity index (χ3v) is 5.51. The number of carbonyl (C=O) groups excluding carboxylic acids is 1. The van der Waals surface area contributed by atoms with Crippen molar-refractivity contribution < 1.29 is 17.6 Å². The first-order chi connectivity index (χ1) is 11.4. The molecule has 0 unspecified atom stereocenters. The number of benzene rings is 2. The Hall–Kier alpha value is -1.96. The van der Waals surface area contributed by atoms with E-state index >= 15 is 0 Å². The number of nitrogens with one attached hydrogen (secondary N) is 2. The van der Waals surface area contributed by atoms with Crippen molar-refractivity contribution in [3.63, 3.8) is 0 Å².